The van der Waals surface area contributed by atoms with Crippen LogP contribution in [0.5, 0.6) is 17.2 Å². The molecule has 43 heavy (non-hydrogen) atoms. The van der Waals surface area contributed by atoms with Crippen molar-refractivity contribution in [2.45, 2.75) is 62.4 Å². The van der Waals surface area contributed by atoms with E-state index in [2.05, 4.69) is 14.8 Å². The number of hydrogen-bond donors (Lipinski definition) is 4. The van der Waals surface area contributed by atoms with Gasteiger partial charge in [-0.2, -0.15) is 4.31 Å². The van der Waals surface area contributed by atoms with Crippen molar-refractivity contribution in [3.63, 3.8) is 0 Å². The van der Waals surface area contributed by atoms with E-state index in [1.54, 1.807) is 26.0 Å². The summed E-state index contributed by atoms with van der Waals surface area (Å²) < 4.78 is 77.7. The number of ether oxygens (including phenoxy) is 4. The number of nitrogens with zero attached hydrogens (tertiary/aromatic N) is 1. The van der Waals surface area contributed by atoms with Crippen molar-refractivity contribution in [1.29, 1.82) is 0 Å². The predicted octanol–water partition coefficient (Wildman–Crippen LogP) is 2.98. The van der Waals surface area contributed by atoms with Crippen LogP contribution in [0.25, 0.3) is 0 Å². The number of halogens is 2. The molecule has 0 spiro atoms. The zero-order valence-electron chi connectivity index (χ0n) is 23.4. The molecule has 236 valence electrons. The van der Waals surface area contributed by atoms with Crippen LogP contribution in [0.2, 0.25) is 0 Å². The lowest BCUT2D eigenvalue weighted by atomic mass is 9.81. The summed E-state index contributed by atoms with van der Waals surface area (Å²) in [6.07, 6.45) is -7.09. The molecule has 15 heteroatoms. The normalized spacial score (nSPS) is 24.6. The van der Waals surface area contributed by atoms with Gasteiger partial charge in [0.05, 0.1) is 36.3 Å². The van der Waals surface area contributed by atoms with Gasteiger partial charge >= 0.3 is 12.4 Å². The number of rotatable bonds is 11. The molecule has 0 bridgehead atoms. The number of phenolic OH excluding ortho intramolecular Hbond substituents is 1. The van der Waals surface area contributed by atoms with Crippen molar-refractivity contribution in [1.82, 2.24) is 9.62 Å². The van der Waals surface area contributed by atoms with E-state index in [0.717, 1.165) is 22.5 Å². The Balaban J connectivity index is 1.58. The van der Waals surface area contributed by atoms with Gasteiger partial charge < -0.3 is 39.6 Å². The molecule has 2 aromatic carbocycles. The van der Waals surface area contributed by atoms with Crippen LogP contribution in [0.1, 0.15) is 25.8 Å². The van der Waals surface area contributed by atoms with Crippen LogP contribution in [-0.2, 0) is 25.9 Å². The molecule has 6 atom stereocenters. The summed E-state index contributed by atoms with van der Waals surface area (Å²) in [4.78, 5) is 11.5. The number of alkyl halides is 2. The number of aliphatic hydroxyl groups excluding tert-OH is 1. The molecule has 2 fully saturated rings. The molecule has 0 aliphatic carbocycles. The molecule has 2 saturated heterocycles. The number of sulfonamides is 1. The highest BCUT2D eigenvalue weighted by molar-refractivity contribution is 7.89. The zero-order valence-corrected chi connectivity index (χ0v) is 24.2. The lowest BCUT2D eigenvalue weighted by Gasteiger charge is -2.42. The van der Waals surface area contributed by atoms with Gasteiger partial charge in [0, 0.05) is 24.4 Å². The quantitative estimate of drug-likeness (QED) is 0.291. The van der Waals surface area contributed by atoms with Gasteiger partial charge in [0.2, 0.25) is 10.0 Å². The van der Waals surface area contributed by atoms with Crippen LogP contribution in [-0.4, -0.2) is 84.7 Å². The van der Waals surface area contributed by atoms with Crippen molar-refractivity contribution >= 4 is 16.1 Å². The summed E-state index contributed by atoms with van der Waals surface area (Å²) in [6, 6.07) is 6.70. The molecule has 3 aliphatic heterocycles. The lowest BCUT2D eigenvalue weighted by molar-refractivity contribution is -0.286. The molecule has 3 aliphatic rings. The molecule has 1 amide bonds. The predicted molar refractivity (Wildman–Crippen MR) is 145 cm³/mol. The lowest BCUT2D eigenvalue weighted by Crippen LogP contribution is -2.60. The zero-order chi connectivity index (χ0) is 31.1. The van der Waals surface area contributed by atoms with E-state index in [-0.39, 0.29) is 47.8 Å². The molecule has 0 aromatic heterocycles. The number of benzene rings is 2. The van der Waals surface area contributed by atoms with Crippen LogP contribution in [0.4, 0.5) is 13.6 Å². The SMILES string of the molecule is CC(C)CN(C([C@H](O)[C@H](Cc1ccc(O)cc1)NC(=O)O)[C@@H]1CO[C@H]2OCC[C@H]21)S(=O)(=O)c1ccc2c(c1)OC(F)(F)O2. The van der Waals surface area contributed by atoms with Crippen molar-refractivity contribution in [2.24, 2.45) is 17.8 Å². The van der Waals surface area contributed by atoms with E-state index in [1.165, 1.54) is 12.1 Å². The van der Waals surface area contributed by atoms with Gasteiger partial charge in [-0.05, 0) is 48.6 Å². The second-order valence-electron chi connectivity index (χ2n) is 11.3. The number of fused-ring (bicyclic) bond motifs is 2. The first-order chi connectivity index (χ1) is 20.2. The van der Waals surface area contributed by atoms with Crippen LogP contribution in [0.15, 0.2) is 47.4 Å². The van der Waals surface area contributed by atoms with E-state index in [4.69, 9.17) is 9.47 Å². The number of aromatic hydroxyl groups is 1. The summed E-state index contributed by atoms with van der Waals surface area (Å²) in [5, 5.41) is 33.7. The summed E-state index contributed by atoms with van der Waals surface area (Å²) in [7, 11) is -4.52. The Labute approximate surface area is 247 Å². The van der Waals surface area contributed by atoms with Crippen molar-refractivity contribution in [3.8, 4) is 17.2 Å². The highest BCUT2D eigenvalue weighted by atomic mass is 32.2. The minimum Gasteiger partial charge on any atom is -0.508 e. The average Bonchev–Trinajstić information content (AvgIpc) is 3.62. The topological polar surface area (TPSA) is 164 Å². The Hall–Kier alpha value is -3.24. The smallest absolute Gasteiger partial charge is 0.508 e. The van der Waals surface area contributed by atoms with Gasteiger partial charge in [0.1, 0.15) is 5.75 Å². The number of carboxylic acid groups (broad SMARTS) is 1. The molecule has 1 unspecified atom stereocenters. The fourth-order valence-electron chi connectivity index (χ4n) is 5.99. The molecule has 0 saturated carbocycles. The first-order valence-electron chi connectivity index (χ1n) is 13.9. The van der Waals surface area contributed by atoms with E-state index >= 15 is 0 Å². The van der Waals surface area contributed by atoms with Crippen molar-refractivity contribution in [2.75, 3.05) is 19.8 Å². The maximum atomic E-state index is 14.4. The minimum atomic E-state index is -4.52. The fraction of sp³-hybridized carbons (Fsp3) is 0.536. The van der Waals surface area contributed by atoms with Crippen LogP contribution >= 0.6 is 0 Å². The number of carbonyl (C=O) groups is 1. The first kappa shape index (κ1) is 31.2. The van der Waals surface area contributed by atoms with Gasteiger partial charge in [-0.25, -0.2) is 13.2 Å². The van der Waals surface area contributed by atoms with Crippen LogP contribution in [0.3, 0.4) is 0 Å². The molecular formula is C28H34F2N2O10S. The molecule has 2 aromatic rings. The second-order valence-corrected chi connectivity index (χ2v) is 13.2. The van der Waals surface area contributed by atoms with Gasteiger partial charge in [-0.15, -0.1) is 8.78 Å². The minimum absolute atomic E-state index is 0.00371. The number of hydrogen-bond acceptors (Lipinski definition) is 9. The van der Waals surface area contributed by atoms with Gasteiger partial charge in [-0.1, -0.05) is 26.0 Å². The Morgan fingerprint density at radius 2 is 1.81 bits per heavy atom. The molecule has 0 radical (unpaired) electrons. The molecule has 4 N–H and O–H groups in total. The standard InChI is InChI=1S/C28H34F2N2O10S/c1-15(2)13-32(43(37,38)18-7-8-22-23(12-18)42-28(29,30)41-22)24(20-14-40-26-19(20)9-10-39-26)25(34)21(31-27(35)36)11-16-3-5-17(33)6-4-16/h3-8,12,15,19-21,24-26,31,33-34H,9-11,13-14H2,1-2H3,(H,35,36)/t19-,20+,21-,24?,25+,26+/m0/s1. The third-order valence-electron chi connectivity index (χ3n) is 7.84. The molecule has 12 nitrogen and oxygen atoms in total. The maximum Gasteiger partial charge on any atom is 0.586 e. The van der Waals surface area contributed by atoms with Gasteiger partial charge in [-0.3, -0.25) is 0 Å². The summed E-state index contributed by atoms with van der Waals surface area (Å²) >= 11 is 0. The maximum absolute atomic E-state index is 14.4. The largest absolute Gasteiger partial charge is 0.586 e. The van der Waals surface area contributed by atoms with E-state index in [1.807, 2.05) is 0 Å². The number of phenols is 1. The monoisotopic (exact) mass is 628 g/mol. The molecular weight excluding hydrogens is 594 g/mol. The second kappa shape index (κ2) is 12.0. The number of nitrogens with one attached hydrogen (secondary N) is 1. The van der Waals surface area contributed by atoms with Crippen molar-refractivity contribution < 1.29 is 56.3 Å². The highest BCUT2D eigenvalue weighted by Gasteiger charge is 2.53. The third-order valence-corrected chi connectivity index (χ3v) is 9.70. The number of amides is 1. The Morgan fingerprint density at radius 3 is 2.49 bits per heavy atom. The summed E-state index contributed by atoms with van der Waals surface area (Å²) in [5.74, 6) is -1.95. The Bertz CT molecular complexity index is 1430. The first-order valence-corrected chi connectivity index (χ1v) is 15.3. The van der Waals surface area contributed by atoms with Gasteiger partial charge in [0.15, 0.2) is 17.8 Å². The number of aliphatic hydroxyl groups is 1. The average molecular weight is 629 g/mol. The molecule has 3 heterocycles. The van der Waals surface area contributed by atoms with Crippen LogP contribution in [0, 0.1) is 17.8 Å². The highest BCUT2D eigenvalue weighted by Crippen LogP contribution is 2.44. The van der Waals surface area contributed by atoms with Crippen LogP contribution < -0.4 is 14.8 Å². The third kappa shape index (κ3) is 6.65. The van der Waals surface area contributed by atoms with E-state index in [9.17, 15) is 37.3 Å². The Morgan fingerprint density at radius 1 is 1.12 bits per heavy atom. The van der Waals surface area contributed by atoms with Gasteiger partial charge in [0.25, 0.3) is 0 Å². The summed E-state index contributed by atoms with van der Waals surface area (Å²) in [5.41, 5.74) is 0.578. The fourth-order valence-corrected chi connectivity index (χ4v) is 7.85. The van der Waals surface area contributed by atoms with E-state index < -0.39 is 58.6 Å². The molecule has 5 rings (SSSR count). The summed E-state index contributed by atoms with van der Waals surface area (Å²) in [6.45, 7) is 3.87. The van der Waals surface area contributed by atoms with E-state index in [0.29, 0.717) is 18.6 Å². The van der Waals surface area contributed by atoms with Crippen molar-refractivity contribution in [3.05, 3.63) is 48.0 Å². The Kier molecular flexibility index (Phi) is 8.73.